The van der Waals surface area contributed by atoms with Gasteiger partial charge in [-0.3, -0.25) is 4.72 Å². The molecule has 2 aromatic carbocycles. The van der Waals surface area contributed by atoms with Crippen LogP contribution in [0.5, 0.6) is 0 Å². The van der Waals surface area contributed by atoms with Gasteiger partial charge in [-0.15, -0.1) is 23.2 Å². The van der Waals surface area contributed by atoms with Crippen LogP contribution in [-0.4, -0.2) is 41.4 Å². The third kappa shape index (κ3) is 7.17. The van der Waals surface area contributed by atoms with Crippen molar-refractivity contribution in [1.82, 2.24) is 9.88 Å². The largest absolute Gasteiger partial charge is 0.399 e. The number of nitrogens with two attached hydrogens (primary N) is 2. The fourth-order valence-electron chi connectivity index (χ4n) is 2.89. The first kappa shape index (κ1) is 29.2. The number of nitrogens with zero attached hydrogens (tertiary/aromatic N) is 1. The van der Waals surface area contributed by atoms with E-state index >= 15 is 0 Å². The van der Waals surface area contributed by atoms with Crippen molar-refractivity contribution in [2.45, 2.75) is 32.6 Å². The minimum atomic E-state index is -4.15. The zero-order valence-electron chi connectivity index (χ0n) is 18.5. The Kier molecular flexibility index (Phi) is 8.55. The molecule has 1 aliphatic rings. The van der Waals surface area contributed by atoms with Crippen molar-refractivity contribution < 1.29 is 29.8 Å². The molecule has 0 amide bonds. The van der Waals surface area contributed by atoms with Crippen LogP contribution in [0.3, 0.4) is 0 Å². The van der Waals surface area contributed by atoms with Gasteiger partial charge < -0.3 is 15.6 Å². The van der Waals surface area contributed by atoms with Crippen LogP contribution in [0.1, 0.15) is 5.76 Å². The second-order valence-electron chi connectivity index (χ2n) is 7.40. The van der Waals surface area contributed by atoms with Crippen molar-refractivity contribution in [1.29, 1.82) is 0 Å². The lowest BCUT2D eigenvalue weighted by Gasteiger charge is -2.29. The molecule has 0 radical (unpaired) electrons. The summed E-state index contributed by atoms with van der Waals surface area (Å²) in [6, 6.07) is 9.38. The Morgan fingerprint density at radius 2 is 1.73 bits per heavy atom. The number of alkyl halides is 2. The molecular formula is C18H19Cl3N6O7S3. The lowest BCUT2D eigenvalue weighted by molar-refractivity contribution is 0.400. The highest BCUT2D eigenvalue weighted by Crippen LogP contribution is 2.34. The summed E-state index contributed by atoms with van der Waals surface area (Å²) in [6.45, 7) is 1.67. The van der Waals surface area contributed by atoms with Crippen LogP contribution in [0.25, 0.3) is 0 Å². The molecule has 19 heteroatoms. The van der Waals surface area contributed by atoms with Crippen LogP contribution in [0.4, 0.5) is 17.2 Å². The second kappa shape index (κ2) is 10.8. The molecule has 3 aromatic rings. The van der Waals surface area contributed by atoms with Gasteiger partial charge in [-0.05, 0) is 43.3 Å². The van der Waals surface area contributed by atoms with Gasteiger partial charge in [-0.25, -0.2) is 30.4 Å². The number of hydrogen-bond acceptors (Lipinski definition) is 10. The quantitative estimate of drug-likeness (QED) is 0.204. The predicted octanol–water partition coefficient (Wildman–Crippen LogP) is 2.19. The van der Waals surface area contributed by atoms with Crippen LogP contribution in [0.2, 0.25) is 5.02 Å². The third-order valence-corrected chi connectivity index (χ3v) is 9.26. The topological polar surface area (TPSA) is 217 Å². The Hall–Kier alpha value is -2.31. The molecule has 1 atom stereocenters. The molecule has 1 aliphatic heterocycles. The summed E-state index contributed by atoms with van der Waals surface area (Å²) in [7, 11) is -11.8. The van der Waals surface area contributed by atoms with Gasteiger partial charge in [-0.1, -0.05) is 16.8 Å². The molecule has 7 N–H and O–H groups in total. The Bertz CT molecular complexity index is 1630. The van der Waals surface area contributed by atoms with E-state index in [2.05, 4.69) is 19.9 Å². The predicted molar refractivity (Wildman–Crippen MR) is 139 cm³/mol. The van der Waals surface area contributed by atoms with Gasteiger partial charge in [0.1, 0.15) is 26.6 Å². The number of benzene rings is 2. The Morgan fingerprint density at radius 3 is 2.24 bits per heavy atom. The van der Waals surface area contributed by atoms with Crippen molar-refractivity contribution >= 4 is 82.1 Å². The average molecular weight is 634 g/mol. The average Bonchev–Trinajstić information content (AvgIpc) is 3.16. The molecule has 0 aliphatic carbocycles. The Labute approximate surface area is 227 Å². The highest BCUT2D eigenvalue weighted by molar-refractivity contribution is 7.92. The highest BCUT2D eigenvalue weighted by atomic mass is 35.5. The monoisotopic (exact) mass is 632 g/mol. The summed E-state index contributed by atoms with van der Waals surface area (Å²) in [6.07, 6.45) is -0.966. The van der Waals surface area contributed by atoms with Gasteiger partial charge in [0.15, 0.2) is 5.82 Å². The fourth-order valence-corrected chi connectivity index (χ4v) is 6.78. The van der Waals surface area contributed by atoms with Gasteiger partial charge in [0, 0.05) is 11.8 Å². The molecule has 0 bridgehead atoms. The number of nitrogen functional groups attached to an aromatic ring is 1. The molecule has 0 spiro atoms. The molecule has 4 rings (SSSR count). The molecule has 1 aromatic heterocycles. The summed E-state index contributed by atoms with van der Waals surface area (Å²) < 4.78 is 79.8. The zero-order valence-corrected chi connectivity index (χ0v) is 23.2. The van der Waals surface area contributed by atoms with Crippen molar-refractivity contribution in [2.75, 3.05) is 15.8 Å². The maximum Gasteiger partial charge on any atom is 0.263 e. The second-order valence-corrected chi connectivity index (χ2v) is 13.9. The molecule has 37 heavy (non-hydrogen) atoms. The first-order chi connectivity index (χ1) is 17.0. The van der Waals surface area contributed by atoms with Crippen molar-refractivity contribution in [3.8, 4) is 0 Å². The number of aryl methyl sites for hydroxylation is 1. The number of aromatic nitrogens is 1. The smallest absolute Gasteiger partial charge is 0.263 e. The Balaban J connectivity index is 0.000000208. The van der Waals surface area contributed by atoms with E-state index in [1.165, 1.54) is 30.3 Å². The van der Waals surface area contributed by atoms with Gasteiger partial charge in [-0.2, -0.15) is 4.72 Å². The van der Waals surface area contributed by atoms with E-state index in [0.29, 0.717) is 11.4 Å². The van der Waals surface area contributed by atoms with Crippen LogP contribution >= 0.6 is 34.8 Å². The lowest BCUT2D eigenvalue weighted by Crippen LogP contribution is -2.48. The zero-order chi connectivity index (χ0) is 27.8. The first-order valence-corrected chi connectivity index (χ1v) is 15.5. The number of halogens is 3. The van der Waals surface area contributed by atoms with E-state index < -0.39 is 46.0 Å². The van der Waals surface area contributed by atoms with Gasteiger partial charge in [0.05, 0.1) is 15.6 Å². The number of anilines is 3. The van der Waals surface area contributed by atoms with Crippen LogP contribution in [-0.2, 0) is 30.1 Å². The first-order valence-electron chi connectivity index (χ1n) is 9.74. The SMILES string of the molecule is Cc1cc(NS(=O)(=O)c2ccc(N)cc2)no1.NS(=O)(=O)c1cc2c(cc1Cl)NC(C(Cl)Cl)NS2(=O)=O. The number of primary sulfonamides is 1. The summed E-state index contributed by atoms with van der Waals surface area (Å²) in [5.74, 6) is 0.680. The molecule has 2 heterocycles. The minimum absolute atomic E-state index is 0.0810. The third-order valence-electron chi connectivity index (χ3n) is 4.53. The van der Waals surface area contributed by atoms with Crippen LogP contribution in [0.15, 0.2) is 61.7 Å². The summed E-state index contributed by atoms with van der Waals surface area (Å²) in [5.41, 5.74) is 6.07. The van der Waals surface area contributed by atoms with Crippen molar-refractivity contribution in [3.05, 3.63) is 53.2 Å². The van der Waals surface area contributed by atoms with Crippen molar-refractivity contribution in [3.63, 3.8) is 0 Å². The molecule has 0 fully saturated rings. The molecule has 0 saturated heterocycles. The van der Waals surface area contributed by atoms with Gasteiger partial charge >= 0.3 is 0 Å². The van der Waals surface area contributed by atoms with E-state index in [1.807, 2.05) is 0 Å². The normalized spacial score (nSPS) is 16.8. The van der Waals surface area contributed by atoms with Crippen molar-refractivity contribution in [2.24, 2.45) is 5.14 Å². The van der Waals surface area contributed by atoms with Gasteiger partial charge in [0.25, 0.3) is 10.0 Å². The summed E-state index contributed by atoms with van der Waals surface area (Å²) in [5, 5.41) is 11.0. The molecule has 13 nitrogen and oxygen atoms in total. The maximum atomic E-state index is 12.0. The number of sulfonamides is 3. The molecule has 1 unspecified atom stereocenters. The number of rotatable bonds is 5. The number of hydrogen-bond donors (Lipinski definition) is 5. The Morgan fingerprint density at radius 1 is 1.11 bits per heavy atom. The molecule has 202 valence electrons. The fraction of sp³-hybridized carbons (Fsp3) is 0.167. The highest BCUT2D eigenvalue weighted by Gasteiger charge is 2.34. The standard InChI is InChI=1S/C10H11N3O3S.C8H8Cl3N3O4S2/c1-7-6-10(12-16-7)13-17(14,15)9-4-2-8(11)3-5-9;9-3-1-4-6(2-5(3)19(12,15)16)20(17,18)14-8(13-4)7(10)11/h2-6H,11H2,1H3,(H,12,13);1-2,7-8,13-14H,(H2,12,15,16). The summed E-state index contributed by atoms with van der Waals surface area (Å²) >= 11 is 17.0. The molecule has 0 saturated carbocycles. The number of nitrogens with one attached hydrogen (secondary N) is 3. The van der Waals surface area contributed by atoms with E-state index in [0.717, 1.165) is 12.1 Å². The van der Waals surface area contributed by atoms with E-state index in [1.54, 1.807) is 6.92 Å². The van der Waals surface area contributed by atoms with E-state index in [4.69, 9.17) is 50.2 Å². The van der Waals surface area contributed by atoms with Gasteiger partial charge in [0.2, 0.25) is 20.0 Å². The summed E-state index contributed by atoms with van der Waals surface area (Å²) in [4.78, 5) is -1.74. The maximum absolute atomic E-state index is 12.0. The lowest BCUT2D eigenvalue weighted by atomic mass is 10.3. The van der Waals surface area contributed by atoms with E-state index in [9.17, 15) is 25.3 Å². The van der Waals surface area contributed by atoms with Crippen LogP contribution < -0.4 is 25.6 Å². The number of fused-ring (bicyclic) bond motifs is 1. The van der Waals surface area contributed by atoms with E-state index in [-0.39, 0.29) is 26.3 Å². The minimum Gasteiger partial charge on any atom is -0.399 e. The molecular weight excluding hydrogens is 615 g/mol. The van der Waals surface area contributed by atoms with Crippen LogP contribution in [0, 0.1) is 6.92 Å².